The quantitative estimate of drug-likeness (QED) is 0.845. The van der Waals surface area contributed by atoms with Gasteiger partial charge in [-0.25, -0.2) is 4.39 Å². The predicted octanol–water partition coefficient (Wildman–Crippen LogP) is 2.38. The summed E-state index contributed by atoms with van der Waals surface area (Å²) in [7, 11) is 0. The molecular weight excluding hydrogens is 231 g/mol. The van der Waals surface area contributed by atoms with E-state index >= 15 is 0 Å². The van der Waals surface area contributed by atoms with Crippen LogP contribution in [0.25, 0.3) is 0 Å². The van der Waals surface area contributed by atoms with Crippen LogP contribution in [0.1, 0.15) is 38.8 Å². The van der Waals surface area contributed by atoms with E-state index in [1.807, 2.05) is 20.8 Å². The lowest BCUT2D eigenvalue weighted by atomic mass is 9.95. The molecule has 0 spiro atoms. The van der Waals surface area contributed by atoms with Gasteiger partial charge in [0.1, 0.15) is 5.82 Å². The van der Waals surface area contributed by atoms with Gasteiger partial charge >= 0.3 is 0 Å². The molecule has 0 aromatic heterocycles. The molecule has 0 aliphatic rings. The highest BCUT2D eigenvalue weighted by Crippen LogP contribution is 2.22. The summed E-state index contributed by atoms with van der Waals surface area (Å²) in [5, 5.41) is 2.92. The second-order valence-electron chi connectivity index (χ2n) is 4.80. The summed E-state index contributed by atoms with van der Waals surface area (Å²) in [6.45, 7) is 5.88. The lowest BCUT2D eigenvalue weighted by Crippen LogP contribution is -2.43. The Balaban J connectivity index is 2.83. The van der Waals surface area contributed by atoms with Crippen LogP contribution >= 0.6 is 0 Å². The molecule has 2 atom stereocenters. The number of halogens is 1. The van der Waals surface area contributed by atoms with Gasteiger partial charge in [0.15, 0.2) is 0 Å². The Morgan fingerprint density at radius 3 is 2.33 bits per heavy atom. The lowest BCUT2D eigenvalue weighted by molar-refractivity contribution is -0.123. The molecule has 1 unspecified atom stereocenters. The number of benzene rings is 1. The smallest absolute Gasteiger partial charge is 0.237 e. The van der Waals surface area contributed by atoms with Gasteiger partial charge < -0.3 is 11.1 Å². The average molecular weight is 252 g/mol. The summed E-state index contributed by atoms with van der Waals surface area (Å²) in [5.41, 5.74) is 6.59. The summed E-state index contributed by atoms with van der Waals surface area (Å²) in [6, 6.07) is 5.55. The van der Waals surface area contributed by atoms with E-state index in [9.17, 15) is 9.18 Å². The molecule has 1 amide bonds. The van der Waals surface area contributed by atoms with Crippen LogP contribution < -0.4 is 11.1 Å². The van der Waals surface area contributed by atoms with Crippen LogP contribution in [0.5, 0.6) is 0 Å². The first-order valence-electron chi connectivity index (χ1n) is 6.27. The number of hydrogen-bond donors (Lipinski definition) is 2. The number of nitrogens with one attached hydrogen (secondary N) is 1. The number of amides is 1. The average Bonchev–Trinajstić information content (AvgIpc) is 2.35. The minimum atomic E-state index is -0.494. The van der Waals surface area contributed by atoms with Crippen molar-refractivity contribution < 1.29 is 9.18 Å². The highest BCUT2D eigenvalue weighted by Gasteiger charge is 2.20. The fraction of sp³-hybridized carbons (Fsp3) is 0.500. The van der Waals surface area contributed by atoms with E-state index < -0.39 is 6.04 Å². The SMILES string of the molecule is CC[C@@H](N)C(=O)NC(c1ccc(F)cc1)C(C)C. The number of carbonyl (C=O) groups excluding carboxylic acids is 1. The molecule has 0 radical (unpaired) electrons. The summed E-state index contributed by atoms with van der Waals surface area (Å²) in [4.78, 5) is 11.8. The molecule has 3 N–H and O–H groups in total. The van der Waals surface area contributed by atoms with Crippen LogP contribution in [0.3, 0.4) is 0 Å². The summed E-state index contributed by atoms with van der Waals surface area (Å²) >= 11 is 0. The van der Waals surface area contributed by atoms with Crippen LogP contribution in [-0.2, 0) is 4.79 Å². The van der Waals surface area contributed by atoms with E-state index in [2.05, 4.69) is 5.32 Å². The third kappa shape index (κ3) is 3.81. The van der Waals surface area contributed by atoms with Gasteiger partial charge in [0.2, 0.25) is 5.91 Å². The van der Waals surface area contributed by atoms with Gasteiger partial charge in [0.05, 0.1) is 12.1 Å². The minimum Gasteiger partial charge on any atom is -0.348 e. The molecule has 0 fully saturated rings. The van der Waals surface area contributed by atoms with Crippen molar-refractivity contribution in [3.63, 3.8) is 0 Å². The van der Waals surface area contributed by atoms with E-state index in [1.54, 1.807) is 12.1 Å². The fourth-order valence-corrected chi connectivity index (χ4v) is 1.75. The molecule has 1 aromatic rings. The summed E-state index contributed by atoms with van der Waals surface area (Å²) < 4.78 is 12.9. The molecule has 0 aliphatic heterocycles. The van der Waals surface area contributed by atoms with Gasteiger partial charge in [-0.05, 0) is 30.0 Å². The van der Waals surface area contributed by atoms with Crippen LogP contribution in [0.4, 0.5) is 4.39 Å². The molecule has 3 nitrogen and oxygen atoms in total. The molecule has 0 aliphatic carbocycles. The van der Waals surface area contributed by atoms with Crippen LogP contribution in [0, 0.1) is 11.7 Å². The number of rotatable bonds is 5. The van der Waals surface area contributed by atoms with Gasteiger partial charge in [0, 0.05) is 0 Å². The van der Waals surface area contributed by atoms with Crippen molar-refractivity contribution in [3.8, 4) is 0 Å². The van der Waals surface area contributed by atoms with Crippen molar-refractivity contribution in [1.82, 2.24) is 5.32 Å². The molecule has 1 rings (SSSR count). The van der Waals surface area contributed by atoms with E-state index in [0.717, 1.165) is 5.56 Å². The van der Waals surface area contributed by atoms with Gasteiger partial charge in [-0.15, -0.1) is 0 Å². The molecule has 1 aromatic carbocycles. The van der Waals surface area contributed by atoms with Crippen LogP contribution in [0.15, 0.2) is 24.3 Å². The van der Waals surface area contributed by atoms with Crippen molar-refractivity contribution >= 4 is 5.91 Å². The van der Waals surface area contributed by atoms with E-state index in [1.165, 1.54) is 12.1 Å². The molecular formula is C14H21FN2O. The highest BCUT2D eigenvalue weighted by atomic mass is 19.1. The number of carbonyl (C=O) groups is 1. The normalized spacial score (nSPS) is 14.3. The molecule has 0 saturated carbocycles. The first kappa shape index (κ1) is 14.6. The Bertz CT molecular complexity index is 389. The zero-order chi connectivity index (χ0) is 13.7. The maximum atomic E-state index is 12.9. The van der Waals surface area contributed by atoms with Crippen molar-refractivity contribution in [3.05, 3.63) is 35.6 Å². The Morgan fingerprint density at radius 2 is 1.89 bits per heavy atom. The van der Waals surface area contributed by atoms with Gasteiger partial charge in [-0.2, -0.15) is 0 Å². The highest BCUT2D eigenvalue weighted by molar-refractivity contribution is 5.81. The fourth-order valence-electron chi connectivity index (χ4n) is 1.75. The van der Waals surface area contributed by atoms with Crippen LogP contribution in [0.2, 0.25) is 0 Å². The summed E-state index contributed by atoms with van der Waals surface area (Å²) in [5.74, 6) is -0.234. The van der Waals surface area contributed by atoms with Crippen LogP contribution in [-0.4, -0.2) is 11.9 Å². The molecule has 4 heteroatoms. The second-order valence-corrected chi connectivity index (χ2v) is 4.80. The van der Waals surface area contributed by atoms with Crippen molar-refractivity contribution in [2.24, 2.45) is 11.7 Å². The van der Waals surface area contributed by atoms with Crippen molar-refractivity contribution in [1.29, 1.82) is 0 Å². The third-order valence-electron chi connectivity index (χ3n) is 2.97. The van der Waals surface area contributed by atoms with E-state index in [-0.39, 0.29) is 23.7 Å². The molecule has 0 saturated heterocycles. The maximum absolute atomic E-state index is 12.9. The van der Waals surface area contributed by atoms with Gasteiger partial charge in [0.25, 0.3) is 0 Å². The Kier molecular flexibility index (Phi) is 5.28. The van der Waals surface area contributed by atoms with E-state index in [0.29, 0.717) is 6.42 Å². The number of hydrogen-bond acceptors (Lipinski definition) is 2. The second kappa shape index (κ2) is 6.50. The topological polar surface area (TPSA) is 55.1 Å². The Morgan fingerprint density at radius 1 is 1.33 bits per heavy atom. The van der Waals surface area contributed by atoms with Gasteiger partial charge in [-0.3, -0.25) is 4.79 Å². The minimum absolute atomic E-state index is 0.143. The summed E-state index contributed by atoms with van der Waals surface area (Å²) in [6.07, 6.45) is 0.597. The van der Waals surface area contributed by atoms with Crippen molar-refractivity contribution in [2.75, 3.05) is 0 Å². The standard InChI is InChI=1S/C14H21FN2O/c1-4-12(16)14(18)17-13(9(2)3)10-5-7-11(15)8-6-10/h5-9,12-13H,4,16H2,1-3H3,(H,17,18)/t12-,13?/m1/s1. The zero-order valence-electron chi connectivity index (χ0n) is 11.1. The number of nitrogens with two attached hydrogens (primary N) is 1. The lowest BCUT2D eigenvalue weighted by Gasteiger charge is -2.24. The van der Waals surface area contributed by atoms with E-state index in [4.69, 9.17) is 5.73 Å². The Labute approximate surface area is 108 Å². The monoisotopic (exact) mass is 252 g/mol. The zero-order valence-corrected chi connectivity index (χ0v) is 11.1. The molecule has 0 heterocycles. The van der Waals surface area contributed by atoms with Crippen molar-refractivity contribution in [2.45, 2.75) is 39.3 Å². The first-order chi connectivity index (χ1) is 8.45. The molecule has 18 heavy (non-hydrogen) atoms. The first-order valence-corrected chi connectivity index (χ1v) is 6.27. The largest absolute Gasteiger partial charge is 0.348 e. The molecule has 100 valence electrons. The Hall–Kier alpha value is -1.42. The molecule has 0 bridgehead atoms. The maximum Gasteiger partial charge on any atom is 0.237 e. The third-order valence-corrected chi connectivity index (χ3v) is 2.97. The van der Waals surface area contributed by atoms with Gasteiger partial charge in [-0.1, -0.05) is 32.9 Å². The predicted molar refractivity (Wildman–Crippen MR) is 70.4 cm³/mol.